The summed E-state index contributed by atoms with van der Waals surface area (Å²) in [5.41, 5.74) is 2.31. The van der Waals surface area contributed by atoms with Gasteiger partial charge in [-0.1, -0.05) is 0 Å². The molecule has 0 amide bonds. The van der Waals surface area contributed by atoms with Gasteiger partial charge in [0.15, 0.2) is 0 Å². The van der Waals surface area contributed by atoms with Gasteiger partial charge in [0, 0.05) is 18.3 Å². The largest absolute Gasteiger partial charge is 0.392 e. The van der Waals surface area contributed by atoms with Crippen LogP contribution in [-0.4, -0.2) is 33.6 Å². The molecule has 1 heterocycles. The summed E-state index contributed by atoms with van der Waals surface area (Å²) in [7, 11) is 0. The van der Waals surface area contributed by atoms with E-state index in [1.807, 2.05) is 6.92 Å². The highest BCUT2D eigenvalue weighted by Gasteiger charge is 2.23. The van der Waals surface area contributed by atoms with E-state index in [1.165, 1.54) is 5.69 Å². The van der Waals surface area contributed by atoms with Gasteiger partial charge in [0.05, 0.1) is 11.8 Å². The Kier molecular flexibility index (Phi) is 4.18. The Bertz CT molecular complexity index is 362. The van der Waals surface area contributed by atoms with Crippen molar-refractivity contribution < 1.29 is 5.11 Å². The number of nitrogens with one attached hydrogen (secondary N) is 1. The molecule has 96 valence electrons. The average Bonchev–Trinajstić information content (AvgIpc) is 2.81. The minimum absolute atomic E-state index is 0.135. The summed E-state index contributed by atoms with van der Waals surface area (Å²) >= 11 is 0. The van der Waals surface area contributed by atoms with Crippen molar-refractivity contribution in [1.82, 2.24) is 15.1 Å². The molecule has 0 aliphatic heterocycles. The van der Waals surface area contributed by atoms with Crippen molar-refractivity contribution in [2.45, 2.75) is 58.2 Å². The van der Waals surface area contributed by atoms with Gasteiger partial charge in [-0.2, -0.15) is 5.10 Å². The predicted octanol–water partition coefficient (Wildman–Crippen LogP) is 1.39. The van der Waals surface area contributed by atoms with Crippen LogP contribution < -0.4 is 5.32 Å². The minimum Gasteiger partial charge on any atom is -0.392 e. The third-order valence-electron chi connectivity index (χ3n) is 3.54. The molecule has 17 heavy (non-hydrogen) atoms. The number of aryl methyl sites for hydroxylation is 3. The van der Waals surface area contributed by atoms with Crippen LogP contribution in [0.4, 0.5) is 0 Å². The third-order valence-corrected chi connectivity index (χ3v) is 3.54. The molecule has 1 aromatic heterocycles. The molecule has 4 heteroatoms. The van der Waals surface area contributed by atoms with E-state index in [2.05, 4.69) is 28.1 Å². The Balaban J connectivity index is 1.68. The smallest absolute Gasteiger partial charge is 0.0693 e. The topological polar surface area (TPSA) is 50.1 Å². The summed E-state index contributed by atoms with van der Waals surface area (Å²) in [5, 5.41) is 17.5. The maximum Gasteiger partial charge on any atom is 0.0693 e. The molecule has 1 fully saturated rings. The quantitative estimate of drug-likeness (QED) is 0.761. The van der Waals surface area contributed by atoms with Crippen LogP contribution >= 0.6 is 0 Å². The highest BCUT2D eigenvalue weighted by Crippen LogP contribution is 2.18. The fourth-order valence-corrected chi connectivity index (χ4v) is 2.60. The molecule has 1 aromatic rings. The summed E-state index contributed by atoms with van der Waals surface area (Å²) in [4.78, 5) is 0. The van der Waals surface area contributed by atoms with Crippen molar-refractivity contribution in [3.05, 3.63) is 17.5 Å². The molecule has 0 aromatic carbocycles. The molecule has 1 saturated carbocycles. The zero-order valence-corrected chi connectivity index (χ0v) is 10.8. The molecule has 2 rings (SSSR count). The first-order chi connectivity index (χ1) is 8.16. The predicted molar refractivity (Wildman–Crippen MR) is 68.0 cm³/mol. The fourth-order valence-electron chi connectivity index (χ4n) is 2.60. The van der Waals surface area contributed by atoms with Gasteiger partial charge in [-0.05, 0) is 52.1 Å². The van der Waals surface area contributed by atoms with Crippen LogP contribution in [0.5, 0.6) is 0 Å². The van der Waals surface area contributed by atoms with Gasteiger partial charge in [-0.15, -0.1) is 0 Å². The molecule has 1 aliphatic rings. The average molecular weight is 237 g/mol. The number of rotatable bonds is 5. The van der Waals surface area contributed by atoms with Gasteiger partial charge in [-0.3, -0.25) is 4.68 Å². The zero-order valence-electron chi connectivity index (χ0n) is 10.8. The molecule has 0 saturated heterocycles. The van der Waals surface area contributed by atoms with Crippen LogP contribution in [0.2, 0.25) is 0 Å². The first-order valence-corrected chi connectivity index (χ1v) is 6.59. The van der Waals surface area contributed by atoms with E-state index >= 15 is 0 Å². The molecule has 1 aliphatic carbocycles. The second kappa shape index (κ2) is 5.65. The number of hydrogen-bond donors (Lipinski definition) is 2. The first-order valence-electron chi connectivity index (χ1n) is 6.59. The molecule has 2 atom stereocenters. The van der Waals surface area contributed by atoms with Crippen LogP contribution in [0.3, 0.4) is 0 Å². The van der Waals surface area contributed by atoms with Crippen molar-refractivity contribution in [1.29, 1.82) is 0 Å². The SMILES string of the molecule is Cc1cc(C)n(CCCNC2CCCC2O)n1. The minimum atomic E-state index is -0.135. The van der Waals surface area contributed by atoms with E-state index in [4.69, 9.17) is 0 Å². The standard InChI is InChI=1S/C13H23N3O/c1-10-9-11(2)16(15-10)8-4-7-14-12-5-3-6-13(12)17/h9,12-14,17H,3-8H2,1-2H3. The number of aliphatic hydroxyl groups is 1. The number of hydrogen-bond acceptors (Lipinski definition) is 3. The lowest BCUT2D eigenvalue weighted by molar-refractivity contribution is 0.149. The molecule has 2 unspecified atom stereocenters. The lowest BCUT2D eigenvalue weighted by Crippen LogP contribution is -2.36. The van der Waals surface area contributed by atoms with Crippen molar-refractivity contribution in [2.24, 2.45) is 0 Å². The van der Waals surface area contributed by atoms with E-state index in [0.29, 0.717) is 6.04 Å². The second-order valence-electron chi connectivity index (χ2n) is 5.06. The van der Waals surface area contributed by atoms with Gasteiger partial charge in [0.1, 0.15) is 0 Å². The van der Waals surface area contributed by atoms with Gasteiger partial charge >= 0.3 is 0 Å². The maximum atomic E-state index is 9.67. The van der Waals surface area contributed by atoms with Crippen molar-refractivity contribution >= 4 is 0 Å². The molecule has 2 N–H and O–H groups in total. The summed E-state index contributed by atoms with van der Waals surface area (Å²) in [5.74, 6) is 0. The Morgan fingerprint density at radius 2 is 2.29 bits per heavy atom. The van der Waals surface area contributed by atoms with Gasteiger partial charge in [0.2, 0.25) is 0 Å². The number of aromatic nitrogens is 2. The zero-order chi connectivity index (χ0) is 12.3. The lowest BCUT2D eigenvalue weighted by atomic mass is 10.2. The summed E-state index contributed by atoms with van der Waals surface area (Å²) in [6.07, 6.45) is 4.14. The van der Waals surface area contributed by atoms with E-state index in [9.17, 15) is 5.11 Å². The summed E-state index contributed by atoms with van der Waals surface area (Å²) < 4.78 is 2.06. The number of nitrogens with zero attached hydrogens (tertiary/aromatic N) is 2. The lowest BCUT2D eigenvalue weighted by Gasteiger charge is -2.16. The third kappa shape index (κ3) is 3.30. The molecule has 0 bridgehead atoms. The Labute approximate surface area is 103 Å². The van der Waals surface area contributed by atoms with E-state index < -0.39 is 0 Å². The first kappa shape index (κ1) is 12.6. The van der Waals surface area contributed by atoms with Crippen LogP contribution in [0, 0.1) is 13.8 Å². The molecular formula is C13H23N3O. The highest BCUT2D eigenvalue weighted by atomic mass is 16.3. The van der Waals surface area contributed by atoms with Gasteiger partial charge in [0.25, 0.3) is 0 Å². The second-order valence-corrected chi connectivity index (χ2v) is 5.06. The highest BCUT2D eigenvalue weighted by molar-refractivity contribution is 5.06. The van der Waals surface area contributed by atoms with Crippen LogP contribution in [0.1, 0.15) is 37.1 Å². The Hall–Kier alpha value is -0.870. The Morgan fingerprint density at radius 3 is 2.88 bits per heavy atom. The molecule has 4 nitrogen and oxygen atoms in total. The van der Waals surface area contributed by atoms with Crippen molar-refractivity contribution in [3.63, 3.8) is 0 Å². The van der Waals surface area contributed by atoms with Crippen molar-refractivity contribution in [2.75, 3.05) is 6.54 Å². The fraction of sp³-hybridized carbons (Fsp3) is 0.769. The van der Waals surface area contributed by atoms with E-state index in [1.54, 1.807) is 0 Å². The van der Waals surface area contributed by atoms with E-state index in [-0.39, 0.29) is 6.10 Å². The van der Waals surface area contributed by atoms with Crippen LogP contribution in [0.25, 0.3) is 0 Å². The number of aliphatic hydroxyl groups excluding tert-OH is 1. The van der Waals surface area contributed by atoms with Crippen molar-refractivity contribution in [3.8, 4) is 0 Å². The molecular weight excluding hydrogens is 214 g/mol. The van der Waals surface area contributed by atoms with E-state index in [0.717, 1.165) is 44.5 Å². The monoisotopic (exact) mass is 237 g/mol. The van der Waals surface area contributed by atoms with Gasteiger partial charge < -0.3 is 10.4 Å². The van der Waals surface area contributed by atoms with Gasteiger partial charge in [-0.25, -0.2) is 0 Å². The Morgan fingerprint density at radius 1 is 1.47 bits per heavy atom. The van der Waals surface area contributed by atoms with Crippen LogP contribution in [0.15, 0.2) is 6.07 Å². The molecule has 0 spiro atoms. The molecule has 0 radical (unpaired) electrons. The van der Waals surface area contributed by atoms with Crippen LogP contribution in [-0.2, 0) is 6.54 Å². The maximum absolute atomic E-state index is 9.67. The normalized spacial score (nSPS) is 24.4. The summed E-state index contributed by atoms with van der Waals surface area (Å²) in [6, 6.07) is 2.42. The summed E-state index contributed by atoms with van der Waals surface area (Å²) in [6.45, 7) is 6.03.